The average Bonchev–Trinajstić information content (AvgIpc) is 2.78. The molecule has 1 aliphatic rings. The van der Waals surface area contributed by atoms with Crippen molar-refractivity contribution < 1.29 is 18.0 Å². The third-order valence-electron chi connectivity index (χ3n) is 5.53. The van der Waals surface area contributed by atoms with Gasteiger partial charge in [0.2, 0.25) is 5.91 Å². The molecule has 2 aromatic carbocycles. The molecule has 0 fully saturated rings. The Labute approximate surface area is 195 Å². The number of hydrogen-bond donors (Lipinski definition) is 1. The maximum atomic E-state index is 13.1. The number of pyridine rings is 1. The van der Waals surface area contributed by atoms with E-state index in [0.717, 1.165) is 11.8 Å². The second-order valence-corrected chi connectivity index (χ2v) is 10.7. The molecule has 0 atom stereocenters. The topological polar surface area (TPSA) is 106 Å². The van der Waals surface area contributed by atoms with Gasteiger partial charge in [-0.1, -0.05) is 35.9 Å². The summed E-state index contributed by atoms with van der Waals surface area (Å²) in [4.78, 5) is 40.1. The first-order valence-electron chi connectivity index (χ1n) is 10.3. The van der Waals surface area contributed by atoms with Crippen LogP contribution in [0, 0.1) is 0 Å². The lowest BCUT2D eigenvalue weighted by Gasteiger charge is -2.30. The summed E-state index contributed by atoms with van der Waals surface area (Å²) in [5, 5.41) is 4.00. The van der Waals surface area contributed by atoms with E-state index in [2.05, 4.69) is 5.32 Å². The largest absolute Gasteiger partial charge is 0.348 e. The summed E-state index contributed by atoms with van der Waals surface area (Å²) < 4.78 is 24.4. The van der Waals surface area contributed by atoms with Crippen molar-refractivity contribution >= 4 is 49.8 Å². The first-order chi connectivity index (χ1) is 15.6. The van der Waals surface area contributed by atoms with Crippen molar-refractivity contribution in [2.75, 3.05) is 23.5 Å². The van der Waals surface area contributed by atoms with E-state index >= 15 is 0 Å². The highest BCUT2D eigenvalue weighted by Crippen LogP contribution is 2.30. The van der Waals surface area contributed by atoms with Crippen LogP contribution in [0.3, 0.4) is 0 Å². The number of hydrogen-bond acceptors (Lipinski definition) is 5. The number of benzene rings is 2. The van der Waals surface area contributed by atoms with Gasteiger partial charge in [0.15, 0.2) is 0 Å². The van der Waals surface area contributed by atoms with E-state index in [1.54, 1.807) is 42.5 Å². The molecular formula is C23H22ClN3O5S. The van der Waals surface area contributed by atoms with Crippen molar-refractivity contribution in [3.05, 3.63) is 75.0 Å². The predicted octanol–water partition coefficient (Wildman–Crippen LogP) is 2.37. The van der Waals surface area contributed by atoms with Gasteiger partial charge in [-0.2, -0.15) is 0 Å². The van der Waals surface area contributed by atoms with Crippen LogP contribution in [0.15, 0.2) is 53.3 Å². The van der Waals surface area contributed by atoms with Crippen LogP contribution in [0.25, 0.3) is 10.9 Å². The van der Waals surface area contributed by atoms with Gasteiger partial charge in [-0.25, -0.2) is 8.42 Å². The highest BCUT2D eigenvalue weighted by molar-refractivity contribution is 7.90. The fourth-order valence-electron chi connectivity index (χ4n) is 3.88. The van der Waals surface area contributed by atoms with E-state index in [9.17, 15) is 22.8 Å². The van der Waals surface area contributed by atoms with Gasteiger partial charge in [0.25, 0.3) is 11.5 Å². The number of carbonyl (C=O) groups is 2. The van der Waals surface area contributed by atoms with Crippen molar-refractivity contribution in [3.63, 3.8) is 0 Å². The molecule has 0 saturated heterocycles. The van der Waals surface area contributed by atoms with Gasteiger partial charge in [0.1, 0.15) is 15.4 Å². The summed E-state index contributed by atoms with van der Waals surface area (Å²) >= 11 is 5.88. The van der Waals surface area contributed by atoms with Crippen LogP contribution >= 0.6 is 11.6 Å². The van der Waals surface area contributed by atoms with Crippen molar-refractivity contribution in [3.8, 4) is 0 Å². The Morgan fingerprint density at radius 3 is 2.52 bits per heavy atom. The number of nitrogens with one attached hydrogen (secondary N) is 1. The highest BCUT2D eigenvalue weighted by atomic mass is 35.5. The second-order valence-electron chi connectivity index (χ2n) is 7.96. The minimum absolute atomic E-state index is 0.0190. The Kier molecular flexibility index (Phi) is 6.27. The lowest BCUT2D eigenvalue weighted by Crippen LogP contribution is -2.42. The normalized spacial score (nSPS) is 13.2. The quantitative estimate of drug-likeness (QED) is 0.574. The molecule has 2 amide bonds. The van der Waals surface area contributed by atoms with Crippen molar-refractivity contribution in [2.45, 2.75) is 19.5 Å². The third kappa shape index (κ3) is 4.94. The van der Waals surface area contributed by atoms with Crippen LogP contribution in [-0.4, -0.2) is 43.4 Å². The van der Waals surface area contributed by atoms with Gasteiger partial charge in [-0.15, -0.1) is 0 Å². The average molecular weight is 488 g/mol. The summed E-state index contributed by atoms with van der Waals surface area (Å²) in [5.74, 6) is -1.05. The number of carbonyl (C=O) groups excluding carboxylic acids is 2. The van der Waals surface area contributed by atoms with Crippen molar-refractivity contribution in [2.24, 2.45) is 0 Å². The summed E-state index contributed by atoms with van der Waals surface area (Å²) in [6, 6.07) is 13.8. The summed E-state index contributed by atoms with van der Waals surface area (Å²) in [5.41, 5.74) is 1.51. The van der Waals surface area contributed by atoms with E-state index in [0.29, 0.717) is 21.6 Å². The monoisotopic (exact) mass is 487 g/mol. The molecule has 4 rings (SSSR count). The fourth-order valence-corrected chi connectivity index (χ4v) is 4.56. The zero-order valence-corrected chi connectivity index (χ0v) is 19.4. The maximum absolute atomic E-state index is 13.1. The van der Waals surface area contributed by atoms with Crippen LogP contribution in [0.2, 0.25) is 5.02 Å². The van der Waals surface area contributed by atoms with Gasteiger partial charge in [0, 0.05) is 42.7 Å². The van der Waals surface area contributed by atoms with Crippen LogP contribution in [0.1, 0.15) is 22.3 Å². The number of nitrogens with zero attached hydrogens (tertiary/aromatic N) is 2. The van der Waals surface area contributed by atoms with Gasteiger partial charge >= 0.3 is 0 Å². The second kappa shape index (κ2) is 8.99. The molecule has 0 spiro atoms. The molecule has 172 valence electrons. The number of halogens is 1. The molecule has 0 unspecified atom stereocenters. The number of aromatic nitrogens is 1. The zero-order valence-electron chi connectivity index (χ0n) is 17.9. The van der Waals surface area contributed by atoms with Crippen molar-refractivity contribution in [1.82, 2.24) is 9.88 Å². The summed E-state index contributed by atoms with van der Waals surface area (Å²) in [6.45, 7) is 0.663. The highest BCUT2D eigenvalue weighted by Gasteiger charge is 2.27. The molecule has 0 bridgehead atoms. The van der Waals surface area contributed by atoms with Gasteiger partial charge < -0.3 is 14.8 Å². The standard InChI is InChI=1S/C23H22ClN3O5S/c1-33(31,32)12-9-20(28)26-10-11-27-21-16(3-2-4-19(21)26)13-18(23(27)30)22(29)25-14-15-5-7-17(24)8-6-15/h2-8,13H,9-12,14H2,1H3,(H,25,29). The SMILES string of the molecule is CS(=O)(=O)CCC(=O)N1CCn2c(=O)c(C(=O)NCc3ccc(Cl)cc3)cc3cccc1c32. The molecule has 1 aliphatic heterocycles. The van der Waals surface area contributed by atoms with Crippen LogP contribution in [0.5, 0.6) is 0 Å². The molecule has 8 nitrogen and oxygen atoms in total. The number of para-hydroxylation sites is 1. The minimum atomic E-state index is -3.27. The number of rotatable bonds is 6. The molecule has 0 saturated carbocycles. The van der Waals surface area contributed by atoms with Gasteiger partial charge in [-0.3, -0.25) is 14.4 Å². The Bertz CT molecular complexity index is 1410. The van der Waals surface area contributed by atoms with E-state index in [-0.39, 0.29) is 43.3 Å². The maximum Gasteiger partial charge on any atom is 0.264 e. The van der Waals surface area contributed by atoms with Crippen molar-refractivity contribution in [1.29, 1.82) is 0 Å². The van der Waals surface area contributed by atoms with E-state index in [1.807, 2.05) is 0 Å². The lowest BCUT2D eigenvalue weighted by atomic mass is 10.1. The summed E-state index contributed by atoms with van der Waals surface area (Å²) in [6.07, 6.45) is 0.955. The molecule has 2 heterocycles. The summed E-state index contributed by atoms with van der Waals surface area (Å²) in [7, 11) is -3.27. The Hall–Kier alpha value is -3.17. The molecule has 3 aromatic rings. The number of sulfone groups is 1. The van der Waals surface area contributed by atoms with E-state index < -0.39 is 21.3 Å². The first kappa shape index (κ1) is 23.0. The predicted molar refractivity (Wildman–Crippen MR) is 128 cm³/mol. The molecule has 1 N–H and O–H groups in total. The first-order valence-corrected chi connectivity index (χ1v) is 12.8. The molecule has 0 radical (unpaired) electrons. The van der Waals surface area contributed by atoms with E-state index in [4.69, 9.17) is 11.6 Å². The lowest BCUT2D eigenvalue weighted by molar-refractivity contribution is -0.118. The fraction of sp³-hybridized carbons (Fsp3) is 0.261. The van der Waals surface area contributed by atoms with Crippen LogP contribution in [0.4, 0.5) is 5.69 Å². The Balaban J connectivity index is 1.63. The third-order valence-corrected chi connectivity index (χ3v) is 6.73. The molecule has 1 aromatic heterocycles. The Morgan fingerprint density at radius 1 is 1.09 bits per heavy atom. The number of anilines is 1. The van der Waals surface area contributed by atoms with Crippen LogP contribution < -0.4 is 15.8 Å². The minimum Gasteiger partial charge on any atom is -0.348 e. The Morgan fingerprint density at radius 2 is 1.82 bits per heavy atom. The molecule has 0 aliphatic carbocycles. The molecule has 33 heavy (non-hydrogen) atoms. The van der Waals surface area contributed by atoms with Gasteiger partial charge in [0.05, 0.1) is 17.0 Å². The molecule has 10 heteroatoms. The smallest absolute Gasteiger partial charge is 0.264 e. The van der Waals surface area contributed by atoms with Crippen LogP contribution in [-0.2, 0) is 27.7 Å². The number of amides is 2. The zero-order chi connectivity index (χ0) is 23.8. The molecular weight excluding hydrogens is 466 g/mol. The van der Waals surface area contributed by atoms with Gasteiger partial charge in [-0.05, 0) is 29.8 Å². The van der Waals surface area contributed by atoms with E-state index in [1.165, 1.54) is 15.5 Å².